The van der Waals surface area contributed by atoms with E-state index in [1.807, 2.05) is 0 Å². The molecule has 1 amide bonds. The van der Waals surface area contributed by atoms with Crippen molar-refractivity contribution >= 4 is 17.5 Å². The van der Waals surface area contributed by atoms with Crippen molar-refractivity contribution < 1.29 is 18.0 Å². The average Bonchev–Trinajstić information content (AvgIpc) is 2.37. The van der Waals surface area contributed by atoms with Crippen LogP contribution >= 0.6 is 11.6 Å². The number of hydrogen-bond acceptors (Lipinski definition) is 1. The Kier molecular flexibility index (Phi) is 4.04. The SMILES string of the molecule is O=C1CC(c2ccc(CCl)c(C(F)(F)F)c2)CCN1. The molecule has 1 unspecified atom stereocenters. The molecule has 0 aliphatic carbocycles. The first kappa shape index (κ1) is 14.2. The van der Waals surface area contributed by atoms with Crippen molar-refractivity contribution in [1.82, 2.24) is 5.32 Å². The summed E-state index contributed by atoms with van der Waals surface area (Å²) in [7, 11) is 0. The second-order valence-corrected chi connectivity index (χ2v) is 4.85. The van der Waals surface area contributed by atoms with Crippen LogP contribution in [0.15, 0.2) is 18.2 Å². The first-order valence-electron chi connectivity index (χ1n) is 5.94. The van der Waals surface area contributed by atoms with Crippen molar-refractivity contribution in [2.45, 2.75) is 30.8 Å². The lowest BCUT2D eigenvalue weighted by Gasteiger charge is -2.23. The molecule has 104 valence electrons. The molecule has 0 spiro atoms. The minimum Gasteiger partial charge on any atom is -0.356 e. The summed E-state index contributed by atoms with van der Waals surface area (Å²) in [5, 5.41) is 2.67. The molecule has 2 rings (SSSR count). The summed E-state index contributed by atoms with van der Waals surface area (Å²) in [4.78, 5) is 11.3. The molecule has 19 heavy (non-hydrogen) atoms. The van der Waals surface area contributed by atoms with Gasteiger partial charge in [-0.2, -0.15) is 13.2 Å². The van der Waals surface area contributed by atoms with Gasteiger partial charge in [-0.3, -0.25) is 4.79 Å². The molecule has 0 bridgehead atoms. The van der Waals surface area contributed by atoms with Crippen LogP contribution in [0.5, 0.6) is 0 Å². The zero-order chi connectivity index (χ0) is 14.0. The molecule has 1 saturated heterocycles. The number of rotatable bonds is 2. The van der Waals surface area contributed by atoms with Gasteiger partial charge in [-0.25, -0.2) is 0 Å². The van der Waals surface area contributed by atoms with Gasteiger partial charge in [-0.1, -0.05) is 12.1 Å². The molecule has 1 heterocycles. The minimum absolute atomic E-state index is 0.0678. The van der Waals surface area contributed by atoms with Crippen LogP contribution in [0.25, 0.3) is 0 Å². The molecule has 0 radical (unpaired) electrons. The Balaban J connectivity index is 2.35. The van der Waals surface area contributed by atoms with Crippen molar-refractivity contribution in [2.75, 3.05) is 6.54 Å². The largest absolute Gasteiger partial charge is 0.416 e. The number of halogens is 4. The molecule has 6 heteroatoms. The lowest BCUT2D eigenvalue weighted by Crippen LogP contribution is -2.32. The molecule has 1 aliphatic rings. The van der Waals surface area contributed by atoms with Gasteiger partial charge >= 0.3 is 6.18 Å². The molecular formula is C13H13ClF3NO. The highest BCUT2D eigenvalue weighted by molar-refractivity contribution is 6.17. The van der Waals surface area contributed by atoms with E-state index in [0.717, 1.165) is 6.07 Å². The third-order valence-electron chi connectivity index (χ3n) is 3.30. The lowest BCUT2D eigenvalue weighted by molar-refractivity contribution is -0.138. The number of alkyl halides is 4. The third-order valence-corrected chi connectivity index (χ3v) is 3.59. The third kappa shape index (κ3) is 3.21. The lowest BCUT2D eigenvalue weighted by atomic mass is 9.88. The Morgan fingerprint density at radius 1 is 1.37 bits per heavy atom. The molecule has 0 saturated carbocycles. The van der Waals surface area contributed by atoms with E-state index in [9.17, 15) is 18.0 Å². The van der Waals surface area contributed by atoms with E-state index in [0.29, 0.717) is 18.5 Å². The van der Waals surface area contributed by atoms with Crippen LogP contribution in [0.4, 0.5) is 13.2 Å². The molecule has 1 aliphatic heterocycles. The summed E-state index contributed by atoms with van der Waals surface area (Å²) in [6.07, 6.45) is -3.53. The number of piperidine rings is 1. The van der Waals surface area contributed by atoms with Gasteiger partial charge in [-0.15, -0.1) is 11.6 Å². The molecule has 0 aromatic heterocycles. The van der Waals surface area contributed by atoms with Crippen LogP contribution in [-0.4, -0.2) is 12.5 Å². The quantitative estimate of drug-likeness (QED) is 0.831. The maximum atomic E-state index is 12.9. The highest BCUT2D eigenvalue weighted by atomic mass is 35.5. The smallest absolute Gasteiger partial charge is 0.356 e. The zero-order valence-corrected chi connectivity index (χ0v) is 10.8. The van der Waals surface area contributed by atoms with Crippen LogP contribution in [-0.2, 0) is 16.9 Å². The number of carbonyl (C=O) groups excluding carboxylic acids is 1. The highest BCUT2D eigenvalue weighted by Crippen LogP contribution is 2.36. The average molecular weight is 292 g/mol. The van der Waals surface area contributed by atoms with Crippen LogP contribution in [0.1, 0.15) is 35.4 Å². The maximum absolute atomic E-state index is 12.9. The first-order valence-corrected chi connectivity index (χ1v) is 6.48. The molecule has 1 atom stereocenters. The van der Waals surface area contributed by atoms with Crippen molar-refractivity contribution in [3.63, 3.8) is 0 Å². The van der Waals surface area contributed by atoms with Crippen molar-refractivity contribution in [2.24, 2.45) is 0 Å². The van der Waals surface area contributed by atoms with Gasteiger partial charge in [0.15, 0.2) is 0 Å². The summed E-state index contributed by atoms with van der Waals surface area (Å²) >= 11 is 5.54. The van der Waals surface area contributed by atoms with Crippen molar-refractivity contribution in [3.05, 3.63) is 34.9 Å². The Morgan fingerprint density at radius 2 is 2.11 bits per heavy atom. The van der Waals surface area contributed by atoms with Gasteiger partial charge in [0.05, 0.1) is 5.56 Å². The standard InChI is InChI=1S/C13H13ClF3NO/c14-7-10-2-1-8(5-11(10)13(15,16)17)9-3-4-18-12(19)6-9/h1-2,5,9H,3-4,6-7H2,(H,18,19). The summed E-state index contributed by atoms with van der Waals surface area (Å²) in [5.41, 5.74) is -0.0831. The van der Waals surface area contributed by atoms with Gasteiger partial charge in [-0.05, 0) is 29.5 Å². The summed E-state index contributed by atoms with van der Waals surface area (Å²) < 4.78 is 38.8. The Labute approximate surface area is 113 Å². The fraction of sp³-hybridized carbons (Fsp3) is 0.462. The van der Waals surface area contributed by atoms with Crippen LogP contribution < -0.4 is 5.32 Å². The molecule has 1 N–H and O–H groups in total. The molecule has 1 fully saturated rings. The minimum atomic E-state index is -4.42. The van der Waals surface area contributed by atoms with Crippen LogP contribution in [0, 0.1) is 0 Å². The van der Waals surface area contributed by atoms with Crippen LogP contribution in [0.3, 0.4) is 0 Å². The number of benzene rings is 1. The maximum Gasteiger partial charge on any atom is 0.416 e. The van der Waals surface area contributed by atoms with E-state index >= 15 is 0 Å². The second-order valence-electron chi connectivity index (χ2n) is 4.59. The highest BCUT2D eigenvalue weighted by Gasteiger charge is 2.34. The number of nitrogens with one attached hydrogen (secondary N) is 1. The number of carbonyl (C=O) groups is 1. The normalized spacial score (nSPS) is 20.2. The first-order chi connectivity index (χ1) is 8.91. The van der Waals surface area contributed by atoms with E-state index in [1.165, 1.54) is 6.07 Å². The molecule has 2 nitrogen and oxygen atoms in total. The van der Waals surface area contributed by atoms with Crippen LogP contribution in [0.2, 0.25) is 0 Å². The predicted octanol–water partition coefficient (Wildman–Crippen LogP) is 3.44. The Bertz CT molecular complexity index is 487. The number of amides is 1. The van der Waals surface area contributed by atoms with E-state index in [4.69, 9.17) is 11.6 Å². The topological polar surface area (TPSA) is 29.1 Å². The Morgan fingerprint density at radius 3 is 2.68 bits per heavy atom. The van der Waals surface area contributed by atoms with Gasteiger partial charge < -0.3 is 5.32 Å². The predicted molar refractivity (Wildman–Crippen MR) is 66.0 cm³/mol. The van der Waals surface area contributed by atoms with Gasteiger partial charge in [0, 0.05) is 18.8 Å². The zero-order valence-electron chi connectivity index (χ0n) is 10.1. The van der Waals surface area contributed by atoms with Crippen molar-refractivity contribution in [1.29, 1.82) is 0 Å². The summed E-state index contributed by atoms with van der Waals surface area (Å²) in [5.74, 6) is -0.453. The van der Waals surface area contributed by atoms with Crippen molar-refractivity contribution in [3.8, 4) is 0 Å². The molecular weight excluding hydrogens is 279 g/mol. The monoisotopic (exact) mass is 291 g/mol. The summed E-state index contributed by atoms with van der Waals surface area (Å²) in [6.45, 7) is 0.502. The summed E-state index contributed by atoms with van der Waals surface area (Å²) in [6, 6.07) is 4.16. The fourth-order valence-corrected chi connectivity index (χ4v) is 2.53. The van der Waals surface area contributed by atoms with Gasteiger partial charge in [0.1, 0.15) is 0 Å². The second kappa shape index (κ2) is 5.41. The van der Waals surface area contributed by atoms with Gasteiger partial charge in [0.2, 0.25) is 5.91 Å². The van der Waals surface area contributed by atoms with E-state index in [1.54, 1.807) is 6.07 Å². The van der Waals surface area contributed by atoms with E-state index in [2.05, 4.69) is 5.32 Å². The molecule has 1 aromatic rings. The number of hydrogen-bond donors (Lipinski definition) is 1. The molecule has 1 aromatic carbocycles. The van der Waals surface area contributed by atoms with E-state index in [-0.39, 0.29) is 29.7 Å². The Hall–Kier alpha value is -1.23. The van der Waals surface area contributed by atoms with E-state index < -0.39 is 11.7 Å². The van der Waals surface area contributed by atoms with Gasteiger partial charge in [0.25, 0.3) is 0 Å². The fourth-order valence-electron chi connectivity index (χ4n) is 2.30.